The Morgan fingerprint density at radius 2 is 2.05 bits per heavy atom. The van der Waals surface area contributed by atoms with Gasteiger partial charge in [-0.05, 0) is 24.1 Å². The fourth-order valence-electron chi connectivity index (χ4n) is 2.71. The van der Waals surface area contributed by atoms with E-state index < -0.39 is 28.6 Å². The van der Waals surface area contributed by atoms with Gasteiger partial charge in [0.25, 0.3) is 5.91 Å². The van der Waals surface area contributed by atoms with Gasteiger partial charge in [0, 0.05) is 18.7 Å². The monoisotopic (exact) mass is 328 g/mol. The third kappa shape index (κ3) is 2.73. The molecule has 120 valence electrons. The van der Waals surface area contributed by atoms with Gasteiger partial charge in [-0.15, -0.1) is 0 Å². The molecule has 3 rings (SSSR count). The molecule has 1 saturated heterocycles. The Balaban J connectivity index is 1.93. The van der Waals surface area contributed by atoms with E-state index in [0.29, 0.717) is 43.9 Å². The maximum atomic E-state index is 12.7. The first-order chi connectivity index (χ1) is 10.5. The Labute approximate surface area is 128 Å². The van der Waals surface area contributed by atoms with E-state index in [1.807, 2.05) is 0 Å². The zero-order valence-electron chi connectivity index (χ0n) is 11.9. The molecule has 8 heteroatoms. The van der Waals surface area contributed by atoms with Crippen molar-refractivity contribution in [1.29, 1.82) is 0 Å². The molecule has 2 heterocycles. The third-order valence-corrected chi connectivity index (χ3v) is 5.82. The molecule has 1 amide bonds. The zero-order chi connectivity index (χ0) is 15.7. The summed E-state index contributed by atoms with van der Waals surface area (Å²) in [7, 11) is -3.64. The van der Waals surface area contributed by atoms with Gasteiger partial charge in [-0.2, -0.15) is 4.31 Å². The van der Waals surface area contributed by atoms with Gasteiger partial charge in [-0.25, -0.2) is 12.8 Å². The molecule has 1 aromatic carbocycles. The lowest BCUT2D eigenvalue weighted by molar-refractivity contribution is 0.0730. The number of morpholine rings is 1. The van der Waals surface area contributed by atoms with Crippen LogP contribution in [0.3, 0.4) is 0 Å². The number of rotatable bonds is 3. The number of amides is 1. The van der Waals surface area contributed by atoms with Crippen molar-refractivity contribution in [2.75, 3.05) is 33.0 Å². The van der Waals surface area contributed by atoms with Crippen LogP contribution in [0.15, 0.2) is 23.1 Å². The highest BCUT2D eigenvalue weighted by Crippen LogP contribution is 2.24. The van der Waals surface area contributed by atoms with Crippen molar-refractivity contribution in [2.24, 2.45) is 0 Å². The van der Waals surface area contributed by atoms with Gasteiger partial charge in [0.2, 0.25) is 10.0 Å². The molecule has 0 radical (unpaired) electrons. The Hall–Kier alpha value is -1.51. The number of hydrogen-bond acceptors (Lipinski definition) is 4. The first-order valence-corrected chi connectivity index (χ1v) is 8.54. The van der Waals surface area contributed by atoms with Crippen molar-refractivity contribution in [3.05, 3.63) is 29.3 Å². The van der Waals surface area contributed by atoms with E-state index in [1.54, 1.807) is 6.07 Å². The standard InChI is InChI=1S/C14H17FN2O4S/c15-9-11-7-10-1-2-12(8-13(10)14(18)16-11)22(19,20)17-3-5-21-6-4-17/h1-2,8,11H,3-7,9H2,(H,16,18). The van der Waals surface area contributed by atoms with E-state index in [0.717, 1.165) is 0 Å². The normalized spacial score (nSPS) is 23.0. The molecule has 0 spiro atoms. The summed E-state index contributed by atoms with van der Waals surface area (Å²) < 4.78 is 44.4. The molecule has 1 unspecified atom stereocenters. The van der Waals surface area contributed by atoms with E-state index >= 15 is 0 Å². The molecular formula is C14H17FN2O4S. The average Bonchev–Trinajstić information content (AvgIpc) is 2.55. The highest BCUT2D eigenvalue weighted by molar-refractivity contribution is 7.89. The number of nitrogens with one attached hydrogen (secondary N) is 1. The quantitative estimate of drug-likeness (QED) is 0.868. The Morgan fingerprint density at radius 3 is 2.73 bits per heavy atom. The molecule has 1 atom stereocenters. The molecule has 0 aliphatic carbocycles. The summed E-state index contributed by atoms with van der Waals surface area (Å²) >= 11 is 0. The van der Waals surface area contributed by atoms with E-state index in [1.165, 1.54) is 16.4 Å². The number of fused-ring (bicyclic) bond motifs is 1. The Bertz CT molecular complexity index is 686. The van der Waals surface area contributed by atoms with Gasteiger partial charge in [0.15, 0.2) is 0 Å². The van der Waals surface area contributed by atoms with Crippen LogP contribution in [0.1, 0.15) is 15.9 Å². The number of hydrogen-bond donors (Lipinski definition) is 1. The molecule has 0 bridgehead atoms. The van der Waals surface area contributed by atoms with Crippen LogP contribution in [-0.2, 0) is 21.2 Å². The summed E-state index contributed by atoms with van der Waals surface area (Å²) in [6.45, 7) is 0.690. The predicted molar refractivity (Wildman–Crippen MR) is 77.0 cm³/mol. The minimum absolute atomic E-state index is 0.0852. The number of ether oxygens (including phenoxy) is 1. The lowest BCUT2D eigenvalue weighted by Crippen LogP contribution is -2.43. The highest BCUT2D eigenvalue weighted by atomic mass is 32.2. The van der Waals surface area contributed by atoms with Gasteiger partial charge in [0.1, 0.15) is 6.67 Å². The van der Waals surface area contributed by atoms with Gasteiger partial charge in [0.05, 0.1) is 24.2 Å². The topological polar surface area (TPSA) is 75.7 Å². The summed E-state index contributed by atoms with van der Waals surface area (Å²) in [5, 5.41) is 2.54. The van der Waals surface area contributed by atoms with Gasteiger partial charge >= 0.3 is 0 Å². The van der Waals surface area contributed by atoms with Gasteiger partial charge < -0.3 is 10.1 Å². The fraction of sp³-hybridized carbons (Fsp3) is 0.500. The zero-order valence-corrected chi connectivity index (χ0v) is 12.7. The summed E-state index contributed by atoms with van der Waals surface area (Å²) in [6, 6.07) is 3.92. The SMILES string of the molecule is O=C1NC(CF)Cc2ccc(S(=O)(=O)N3CCOCC3)cc21. The van der Waals surface area contributed by atoms with Crippen molar-refractivity contribution in [3.63, 3.8) is 0 Å². The largest absolute Gasteiger partial charge is 0.379 e. The number of nitrogens with zero attached hydrogens (tertiary/aromatic N) is 1. The molecular weight excluding hydrogens is 311 g/mol. The minimum atomic E-state index is -3.64. The van der Waals surface area contributed by atoms with Crippen LogP contribution in [0.2, 0.25) is 0 Å². The van der Waals surface area contributed by atoms with Crippen molar-refractivity contribution >= 4 is 15.9 Å². The summed E-state index contributed by atoms with van der Waals surface area (Å²) in [4.78, 5) is 12.1. The van der Waals surface area contributed by atoms with Gasteiger partial charge in [-0.1, -0.05) is 6.07 Å². The van der Waals surface area contributed by atoms with Crippen molar-refractivity contribution in [1.82, 2.24) is 9.62 Å². The van der Waals surface area contributed by atoms with E-state index in [9.17, 15) is 17.6 Å². The van der Waals surface area contributed by atoms with Crippen LogP contribution >= 0.6 is 0 Å². The van der Waals surface area contributed by atoms with E-state index in [-0.39, 0.29) is 4.90 Å². The Kier molecular flexibility index (Phi) is 4.16. The molecule has 6 nitrogen and oxygen atoms in total. The molecule has 1 fully saturated rings. The second-order valence-electron chi connectivity index (χ2n) is 5.36. The number of benzene rings is 1. The summed E-state index contributed by atoms with van der Waals surface area (Å²) in [5.74, 6) is -0.428. The molecule has 2 aliphatic rings. The van der Waals surface area contributed by atoms with Crippen molar-refractivity contribution < 1.29 is 22.3 Å². The third-order valence-electron chi connectivity index (χ3n) is 3.92. The maximum absolute atomic E-state index is 12.7. The minimum Gasteiger partial charge on any atom is -0.379 e. The van der Waals surface area contributed by atoms with E-state index in [2.05, 4.69) is 5.32 Å². The van der Waals surface area contributed by atoms with Crippen LogP contribution in [0.4, 0.5) is 4.39 Å². The smallest absolute Gasteiger partial charge is 0.251 e. The number of halogens is 1. The maximum Gasteiger partial charge on any atom is 0.251 e. The second kappa shape index (κ2) is 5.94. The summed E-state index contributed by atoms with van der Waals surface area (Å²) in [5.41, 5.74) is 0.978. The first kappa shape index (κ1) is 15.4. The lowest BCUT2D eigenvalue weighted by Gasteiger charge is -2.27. The molecule has 1 N–H and O–H groups in total. The van der Waals surface area contributed by atoms with Gasteiger partial charge in [-0.3, -0.25) is 4.79 Å². The second-order valence-corrected chi connectivity index (χ2v) is 7.30. The number of alkyl halides is 1. The molecule has 0 saturated carbocycles. The first-order valence-electron chi connectivity index (χ1n) is 7.10. The van der Waals surface area contributed by atoms with Crippen molar-refractivity contribution in [2.45, 2.75) is 17.4 Å². The average molecular weight is 328 g/mol. The highest BCUT2D eigenvalue weighted by Gasteiger charge is 2.30. The van der Waals surface area contributed by atoms with Crippen LogP contribution in [0, 0.1) is 0 Å². The van der Waals surface area contributed by atoms with Crippen LogP contribution in [0.5, 0.6) is 0 Å². The lowest BCUT2D eigenvalue weighted by atomic mass is 9.96. The molecule has 22 heavy (non-hydrogen) atoms. The predicted octanol–water partition coefficient (Wildman–Crippen LogP) is 0.331. The molecule has 2 aliphatic heterocycles. The Morgan fingerprint density at radius 1 is 1.32 bits per heavy atom. The number of carbonyl (C=O) groups is 1. The molecule has 0 aromatic heterocycles. The van der Waals surface area contributed by atoms with Crippen LogP contribution in [0.25, 0.3) is 0 Å². The fourth-order valence-corrected chi connectivity index (χ4v) is 4.15. The molecule has 1 aromatic rings. The van der Waals surface area contributed by atoms with Crippen molar-refractivity contribution in [3.8, 4) is 0 Å². The number of carbonyl (C=O) groups excluding carboxylic acids is 1. The van der Waals surface area contributed by atoms with E-state index in [4.69, 9.17) is 4.74 Å². The van der Waals surface area contributed by atoms with Crippen LogP contribution in [-0.4, -0.2) is 57.6 Å². The summed E-state index contributed by atoms with van der Waals surface area (Å²) in [6.07, 6.45) is 0.370. The number of sulfonamides is 1. The van der Waals surface area contributed by atoms with Crippen LogP contribution < -0.4 is 5.32 Å².